The summed E-state index contributed by atoms with van der Waals surface area (Å²) in [7, 11) is 0. The second kappa shape index (κ2) is 6.68. The molecule has 0 radical (unpaired) electrons. The lowest BCUT2D eigenvalue weighted by Crippen LogP contribution is -2.54. The van der Waals surface area contributed by atoms with Crippen molar-refractivity contribution >= 4 is 11.9 Å². The van der Waals surface area contributed by atoms with Crippen LogP contribution in [0.15, 0.2) is 14.4 Å². The van der Waals surface area contributed by atoms with Crippen LogP contribution in [0.25, 0.3) is 0 Å². The lowest BCUT2D eigenvalue weighted by Gasteiger charge is -2.11. The molecule has 0 aliphatic rings. The molecule has 1 aromatic heterocycles. The molecular weight excluding hydrogens is 286 g/mol. The normalized spacial score (nSPS) is 10.5. The van der Waals surface area contributed by atoms with Crippen LogP contribution in [0.2, 0.25) is 0 Å². The summed E-state index contributed by atoms with van der Waals surface area (Å²) >= 11 is 0. The maximum Gasteiger partial charge on any atom is 0.336 e. The van der Waals surface area contributed by atoms with Gasteiger partial charge >= 0.3 is 29.0 Å². The Hall–Kier alpha value is -2.65. The number of hydrogen-bond acceptors (Lipinski definition) is 5. The van der Waals surface area contributed by atoms with E-state index in [0.717, 1.165) is 4.57 Å². The van der Waals surface area contributed by atoms with Crippen molar-refractivity contribution in [1.82, 2.24) is 13.7 Å². The molecule has 0 aliphatic carbocycles. The van der Waals surface area contributed by atoms with Gasteiger partial charge in [-0.1, -0.05) is 0 Å². The van der Waals surface area contributed by atoms with Gasteiger partial charge in [0.05, 0.1) is 12.8 Å². The standard InChI is InChI=1S/C11H15N3O7/c1-2-12-9(19)13(5-3-7(15)16)11(21)14(10(12)20)6-4-8(17)18/h2-6H2,1H3,(H,15,16)(H,17,18). The predicted molar refractivity (Wildman–Crippen MR) is 69.4 cm³/mol. The van der Waals surface area contributed by atoms with Gasteiger partial charge < -0.3 is 10.2 Å². The maximum atomic E-state index is 12.0. The van der Waals surface area contributed by atoms with Gasteiger partial charge in [-0.25, -0.2) is 28.1 Å². The van der Waals surface area contributed by atoms with Gasteiger partial charge in [-0.3, -0.25) is 9.59 Å². The van der Waals surface area contributed by atoms with E-state index in [4.69, 9.17) is 10.2 Å². The highest BCUT2D eigenvalue weighted by Gasteiger charge is 2.15. The zero-order valence-electron chi connectivity index (χ0n) is 11.3. The fourth-order valence-corrected chi connectivity index (χ4v) is 1.75. The number of carboxylic acids is 2. The third-order valence-electron chi connectivity index (χ3n) is 2.80. The lowest BCUT2D eigenvalue weighted by molar-refractivity contribution is -0.138. The van der Waals surface area contributed by atoms with Crippen LogP contribution < -0.4 is 17.1 Å². The van der Waals surface area contributed by atoms with Crippen LogP contribution in [-0.2, 0) is 29.2 Å². The minimum atomic E-state index is -1.20. The van der Waals surface area contributed by atoms with Crippen LogP contribution in [-0.4, -0.2) is 35.9 Å². The van der Waals surface area contributed by atoms with E-state index in [2.05, 4.69) is 0 Å². The second-order valence-corrected chi connectivity index (χ2v) is 4.18. The van der Waals surface area contributed by atoms with Gasteiger partial charge in [0.1, 0.15) is 0 Å². The van der Waals surface area contributed by atoms with Crippen molar-refractivity contribution in [2.75, 3.05) is 0 Å². The molecule has 1 heterocycles. The van der Waals surface area contributed by atoms with Gasteiger partial charge in [0.2, 0.25) is 0 Å². The van der Waals surface area contributed by atoms with Crippen molar-refractivity contribution in [3.8, 4) is 0 Å². The number of aromatic nitrogens is 3. The molecule has 0 bridgehead atoms. The number of carbonyl (C=O) groups is 2. The van der Waals surface area contributed by atoms with E-state index < -0.39 is 41.8 Å². The third-order valence-corrected chi connectivity index (χ3v) is 2.80. The van der Waals surface area contributed by atoms with Crippen LogP contribution in [0, 0.1) is 0 Å². The van der Waals surface area contributed by atoms with Crippen LogP contribution in [0.3, 0.4) is 0 Å². The van der Waals surface area contributed by atoms with Crippen LogP contribution >= 0.6 is 0 Å². The van der Waals surface area contributed by atoms with Crippen LogP contribution in [0.4, 0.5) is 0 Å². The average molecular weight is 301 g/mol. The summed E-state index contributed by atoms with van der Waals surface area (Å²) in [5, 5.41) is 17.2. The zero-order valence-corrected chi connectivity index (χ0v) is 11.3. The van der Waals surface area contributed by atoms with Crippen molar-refractivity contribution in [2.24, 2.45) is 0 Å². The average Bonchev–Trinajstić information content (AvgIpc) is 2.38. The van der Waals surface area contributed by atoms with Crippen molar-refractivity contribution in [3.63, 3.8) is 0 Å². The molecule has 0 saturated carbocycles. The molecule has 0 fully saturated rings. The second-order valence-electron chi connectivity index (χ2n) is 4.18. The minimum Gasteiger partial charge on any atom is -0.481 e. The Kier molecular flexibility index (Phi) is 5.22. The van der Waals surface area contributed by atoms with Gasteiger partial charge in [0, 0.05) is 19.6 Å². The molecule has 21 heavy (non-hydrogen) atoms. The van der Waals surface area contributed by atoms with E-state index >= 15 is 0 Å². The Labute approximate surface area is 117 Å². The fraction of sp³-hybridized carbons (Fsp3) is 0.545. The summed E-state index contributed by atoms with van der Waals surface area (Å²) in [5.74, 6) is -2.40. The van der Waals surface area contributed by atoms with E-state index in [0.29, 0.717) is 9.13 Å². The SMILES string of the molecule is CCn1c(=O)n(CCC(=O)O)c(=O)n(CCC(=O)O)c1=O. The summed E-state index contributed by atoms with van der Waals surface area (Å²) in [6, 6.07) is 0. The van der Waals surface area contributed by atoms with Gasteiger partial charge in [-0.15, -0.1) is 0 Å². The summed E-state index contributed by atoms with van der Waals surface area (Å²) in [6.45, 7) is 0.717. The van der Waals surface area contributed by atoms with Gasteiger partial charge in [-0.05, 0) is 6.92 Å². The van der Waals surface area contributed by atoms with E-state index in [-0.39, 0.29) is 19.6 Å². The molecule has 0 aromatic carbocycles. The van der Waals surface area contributed by atoms with Crippen LogP contribution in [0.1, 0.15) is 19.8 Å². The van der Waals surface area contributed by atoms with Gasteiger partial charge in [-0.2, -0.15) is 0 Å². The van der Waals surface area contributed by atoms with Crippen LogP contribution in [0.5, 0.6) is 0 Å². The maximum absolute atomic E-state index is 12.0. The zero-order chi connectivity index (χ0) is 16.2. The molecule has 10 nitrogen and oxygen atoms in total. The molecule has 0 spiro atoms. The topological polar surface area (TPSA) is 141 Å². The first-order valence-electron chi connectivity index (χ1n) is 6.17. The lowest BCUT2D eigenvalue weighted by atomic mass is 10.4. The molecule has 0 unspecified atom stereocenters. The number of carboxylic acid groups (broad SMARTS) is 2. The van der Waals surface area contributed by atoms with Gasteiger partial charge in [0.15, 0.2) is 0 Å². The van der Waals surface area contributed by atoms with E-state index in [1.54, 1.807) is 0 Å². The van der Waals surface area contributed by atoms with Crippen molar-refractivity contribution in [1.29, 1.82) is 0 Å². The molecule has 0 amide bonds. The molecular formula is C11H15N3O7. The molecule has 1 aromatic rings. The monoisotopic (exact) mass is 301 g/mol. The third kappa shape index (κ3) is 3.68. The van der Waals surface area contributed by atoms with Crippen molar-refractivity contribution < 1.29 is 19.8 Å². The van der Waals surface area contributed by atoms with Gasteiger partial charge in [0.25, 0.3) is 0 Å². The minimum absolute atomic E-state index is 0.0158. The summed E-state index contributed by atoms with van der Waals surface area (Å²) in [4.78, 5) is 57.0. The Bertz CT molecular complexity index is 669. The summed E-state index contributed by atoms with van der Waals surface area (Å²) in [6.07, 6.45) is -0.925. The highest BCUT2D eigenvalue weighted by atomic mass is 16.4. The number of nitrogens with zero attached hydrogens (tertiary/aromatic N) is 3. The van der Waals surface area contributed by atoms with E-state index in [1.807, 2.05) is 0 Å². The molecule has 0 aliphatic heterocycles. The Morgan fingerprint density at radius 3 is 1.43 bits per heavy atom. The van der Waals surface area contributed by atoms with E-state index in [9.17, 15) is 24.0 Å². The molecule has 1 rings (SSSR count). The summed E-state index contributed by atoms with van der Waals surface area (Å²) in [5.41, 5.74) is -2.81. The number of aliphatic carboxylic acids is 2. The number of hydrogen-bond donors (Lipinski definition) is 2. The predicted octanol–water partition coefficient (Wildman–Crippen LogP) is -1.86. The first kappa shape index (κ1) is 16.4. The first-order chi connectivity index (χ1) is 9.79. The largest absolute Gasteiger partial charge is 0.481 e. The first-order valence-corrected chi connectivity index (χ1v) is 6.17. The Morgan fingerprint density at radius 1 is 0.810 bits per heavy atom. The highest BCUT2D eigenvalue weighted by Crippen LogP contribution is 1.86. The fourth-order valence-electron chi connectivity index (χ4n) is 1.75. The van der Waals surface area contributed by atoms with Crippen molar-refractivity contribution in [3.05, 3.63) is 31.5 Å². The molecule has 0 saturated heterocycles. The summed E-state index contributed by atoms with van der Waals surface area (Å²) < 4.78 is 2.01. The highest BCUT2D eigenvalue weighted by molar-refractivity contribution is 5.66. The quantitative estimate of drug-likeness (QED) is 0.601. The molecule has 10 heteroatoms. The Morgan fingerprint density at radius 2 is 1.14 bits per heavy atom. The molecule has 116 valence electrons. The number of rotatable bonds is 7. The van der Waals surface area contributed by atoms with Crippen molar-refractivity contribution in [2.45, 2.75) is 39.4 Å². The van der Waals surface area contributed by atoms with E-state index in [1.165, 1.54) is 6.92 Å². The molecule has 0 atom stereocenters. The molecule has 2 N–H and O–H groups in total. The smallest absolute Gasteiger partial charge is 0.336 e. The Balaban J connectivity index is 3.43.